The Bertz CT molecular complexity index is 1290. The van der Waals surface area contributed by atoms with Crippen LogP contribution in [-0.2, 0) is 4.79 Å². The Kier molecular flexibility index (Phi) is 7.67. The number of halogens is 1. The van der Waals surface area contributed by atoms with Gasteiger partial charge in [0.2, 0.25) is 5.91 Å². The van der Waals surface area contributed by atoms with E-state index < -0.39 is 5.82 Å². The molecule has 7 heteroatoms. The summed E-state index contributed by atoms with van der Waals surface area (Å²) in [5, 5.41) is 7.62. The number of rotatable bonds is 9. The van der Waals surface area contributed by atoms with E-state index in [-0.39, 0.29) is 23.9 Å². The van der Waals surface area contributed by atoms with E-state index >= 15 is 0 Å². The summed E-state index contributed by atoms with van der Waals surface area (Å²) in [5.41, 5.74) is 2.64. The lowest BCUT2D eigenvalue weighted by atomic mass is 10.1. The van der Waals surface area contributed by atoms with Crippen molar-refractivity contribution in [1.29, 1.82) is 0 Å². The van der Waals surface area contributed by atoms with Crippen LogP contribution in [0.25, 0.3) is 16.9 Å². The van der Waals surface area contributed by atoms with E-state index in [9.17, 15) is 14.0 Å². The van der Waals surface area contributed by atoms with Crippen LogP contribution < -0.4 is 5.32 Å². The second kappa shape index (κ2) is 11.2. The molecule has 1 heterocycles. The first kappa shape index (κ1) is 23.9. The molecule has 0 spiro atoms. The summed E-state index contributed by atoms with van der Waals surface area (Å²) < 4.78 is 15.4. The first-order valence-corrected chi connectivity index (χ1v) is 11.6. The second-order valence-corrected chi connectivity index (χ2v) is 8.17. The maximum atomic E-state index is 13.7. The van der Waals surface area contributed by atoms with Gasteiger partial charge in [-0.3, -0.25) is 9.59 Å². The summed E-state index contributed by atoms with van der Waals surface area (Å²) in [6.45, 7) is 2.25. The lowest BCUT2D eigenvalue weighted by molar-refractivity contribution is -0.116. The zero-order valence-corrected chi connectivity index (χ0v) is 19.5. The van der Waals surface area contributed by atoms with Crippen LogP contribution in [0.1, 0.15) is 30.1 Å². The van der Waals surface area contributed by atoms with Crippen LogP contribution in [0.15, 0.2) is 91.0 Å². The molecule has 0 saturated heterocycles. The van der Waals surface area contributed by atoms with Crippen molar-refractivity contribution in [3.63, 3.8) is 0 Å². The number of hydrogen-bond acceptors (Lipinski definition) is 3. The Morgan fingerprint density at radius 3 is 2.34 bits per heavy atom. The SMILES string of the molecule is CCCCN(CC(=O)Nc1cc(-c2ccccc2)nn1-c1ccccc1)C(=O)c1cccc(F)c1. The number of unbranched alkanes of at least 4 members (excludes halogenated alkanes) is 1. The number of carbonyl (C=O) groups excluding carboxylic acids is 2. The number of aromatic nitrogens is 2. The molecule has 4 rings (SSSR count). The van der Waals surface area contributed by atoms with Crippen molar-refractivity contribution in [2.45, 2.75) is 19.8 Å². The normalized spacial score (nSPS) is 10.7. The largest absolute Gasteiger partial charge is 0.329 e. The average Bonchev–Trinajstić information content (AvgIpc) is 3.30. The van der Waals surface area contributed by atoms with Gasteiger partial charge in [-0.15, -0.1) is 0 Å². The molecule has 1 aromatic heterocycles. The summed E-state index contributed by atoms with van der Waals surface area (Å²) in [4.78, 5) is 27.6. The van der Waals surface area contributed by atoms with Gasteiger partial charge in [0.15, 0.2) is 0 Å². The molecule has 6 nitrogen and oxygen atoms in total. The highest BCUT2D eigenvalue weighted by molar-refractivity contribution is 5.99. The van der Waals surface area contributed by atoms with Gasteiger partial charge in [-0.2, -0.15) is 5.10 Å². The van der Waals surface area contributed by atoms with E-state index in [1.54, 1.807) is 10.7 Å². The summed E-state index contributed by atoms with van der Waals surface area (Å²) in [6.07, 6.45) is 1.59. The van der Waals surface area contributed by atoms with Crippen molar-refractivity contribution in [3.05, 3.63) is 102 Å². The highest BCUT2D eigenvalue weighted by Gasteiger charge is 2.21. The third-order valence-electron chi connectivity index (χ3n) is 5.52. The van der Waals surface area contributed by atoms with Gasteiger partial charge in [-0.25, -0.2) is 9.07 Å². The number of nitrogens with zero attached hydrogens (tertiary/aromatic N) is 3. The predicted octanol–water partition coefficient (Wildman–Crippen LogP) is 5.56. The number of anilines is 1. The lowest BCUT2D eigenvalue weighted by Gasteiger charge is -2.22. The molecule has 0 unspecified atom stereocenters. The topological polar surface area (TPSA) is 67.2 Å². The first-order chi connectivity index (χ1) is 17.0. The van der Waals surface area contributed by atoms with Crippen molar-refractivity contribution in [1.82, 2.24) is 14.7 Å². The maximum Gasteiger partial charge on any atom is 0.254 e. The molecule has 0 fully saturated rings. The van der Waals surface area contributed by atoms with Gasteiger partial charge in [0.25, 0.3) is 5.91 Å². The van der Waals surface area contributed by atoms with E-state index in [0.717, 1.165) is 24.1 Å². The Morgan fingerprint density at radius 1 is 0.943 bits per heavy atom. The quantitative estimate of drug-likeness (QED) is 0.348. The Hall–Kier alpha value is -4.26. The van der Waals surface area contributed by atoms with Crippen LogP contribution in [0.3, 0.4) is 0 Å². The van der Waals surface area contributed by atoms with E-state index in [1.807, 2.05) is 73.7 Å². The zero-order valence-electron chi connectivity index (χ0n) is 19.5. The number of benzene rings is 3. The average molecular weight is 471 g/mol. The molecule has 0 radical (unpaired) electrons. The molecule has 0 bridgehead atoms. The van der Waals surface area contributed by atoms with Gasteiger partial charge in [-0.1, -0.05) is 67.9 Å². The van der Waals surface area contributed by atoms with Crippen LogP contribution in [0.4, 0.5) is 10.2 Å². The van der Waals surface area contributed by atoms with Crippen LogP contribution in [-0.4, -0.2) is 39.6 Å². The van der Waals surface area contributed by atoms with Crippen LogP contribution in [0.2, 0.25) is 0 Å². The smallest absolute Gasteiger partial charge is 0.254 e. The zero-order chi connectivity index (χ0) is 24.6. The summed E-state index contributed by atoms with van der Waals surface area (Å²) in [7, 11) is 0. The van der Waals surface area contributed by atoms with Gasteiger partial charge in [0.05, 0.1) is 11.4 Å². The second-order valence-electron chi connectivity index (χ2n) is 8.17. The molecule has 0 saturated carbocycles. The van der Waals surface area contributed by atoms with Crippen molar-refractivity contribution < 1.29 is 14.0 Å². The molecule has 3 aromatic carbocycles. The number of hydrogen-bond donors (Lipinski definition) is 1. The Morgan fingerprint density at radius 2 is 1.66 bits per heavy atom. The van der Waals surface area contributed by atoms with E-state index in [1.165, 1.54) is 23.1 Å². The molecule has 0 atom stereocenters. The first-order valence-electron chi connectivity index (χ1n) is 11.6. The molecule has 2 amide bonds. The number of nitrogens with one attached hydrogen (secondary N) is 1. The Balaban J connectivity index is 1.58. The fourth-order valence-electron chi connectivity index (χ4n) is 3.75. The fraction of sp³-hybridized carbons (Fsp3) is 0.179. The molecule has 1 N–H and O–H groups in total. The number of para-hydroxylation sites is 1. The van der Waals surface area contributed by atoms with Crippen molar-refractivity contribution in [2.75, 3.05) is 18.4 Å². The summed E-state index contributed by atoms with van der Waals surface area (Å²) >= 11 is 0. The predicted molar refractivity (Wildman–Crippen MR) is 135 cm³/mol. The summed E-state index contributed by atoms with van der Waals surface area (Å²) in [6, 6.07) is 26.5. The van der Waals surface area contributed by atoms with Gasteiger partial charge in [-0.05, 0) is 36.8 Å². The van der Waals surface area contributed by atoms with Gasteiger partial charge in [0, 0.05) is 23.7 Å². The monoisotopic (exact) mass is 470 g/mol. The number of amides is 2. The van der Waals surface area contributed by atoms with Crippen LogP contribution in [0.5, 0.6) is 0 Å². The van der Waals surface area contributed by atoms with Gasteiger partial charge < -0.3 is 10.2 Å². The fourth-order valence-corrected chi connectivity index (χ4v) is 3.75. The molecular weight excluding hydrogens is 443 g/mol. The minimum atomic E-state index is -0.490. The van der Waals surface area contributed by atoms with E-state index in [0.29, 0.717) is 18.1 Å². The third-order valence-corrected chi connectivity index (χ3v) is 5.52. The van der Waals surface area contributed by atoms with Crippen LogP contribution in [0, 0.1) is 5.82 Å². The van der Waals surface area contributed by atoms with Crippen molar-refractivity contribution >= 4 is 17.6 Å². The summed E-state index contributed by atoms with van der Waals surface area (Å²) in [5.74, 6) is -0.734. The minimum Gasteiger partial charge on any atom is -0.329 e. The highest BCUT2D eigenvalue weighted by Crippen LogP contribution is 2.24. The molecule has 4 aromatic rings. The number of carbonyl (C=O) groups is 2. The Labute approximate surface area is 204 Å². The molecular formula is C28H27FN4O2. The minimum absolute atomic E-state index is 0.157. The lowest BCUT2D eigenvalue weighted by Crippen LogP contribution is -2.39. The molecule has 0 aliphatic carbocycles. The molecule has 178 valence electrons. The highest BCUT2D eigenvalue weighted by atomic mass is 19.1. The van der Waals surface area contributed by atoms with Gasteiger partial charge in [0.1, 0.15) is 18.2 Å². The van der Waals surface area contributed by atoms with Gasteiger partial charge >= 0.3 is 0 Å². The standard InChI is InChI=1S/C28H27FN4O2/c1-2-3-17-32(28(35)22-13-10-14-23(29)18-22)20-27(34)30-26-19-25(21-11-6-4-7-12-21)31-33(26)24-15-8-5-9-16-24/h4-16,18-19H,2-3,17,20H2,1H3,(H,30,34). The van der Waals surface area contributed by atoms with E-state index in [2.05, 4.69) is 5.32 Å². The third kappa shape index (κ3) is 6.00. The maximum absolute atomic E-state index is 13.7. The molecule has 35 heavy (non-hydrogen) atoms. The molecule has 0 aliphatic rings. The van der Waals surface area contributed by atoms with Crippen molar-refractivity contribution in [2.24, 2.45) is 0 Å². The molecule has 0 aliphatic heterocycles. The van der Waals surface area contributed by atoms with E-state index in [4.69, 9.17) is 5.10 Å². The van der Waals surface area contributed by atoms with Crippen LogP contribution >= 0.6 is 0 Å². The van der Waals surface area contributed by atoms with Crippen molar-refractivity contribution in [3.8, 4) is 16.9 Å².